The Balaban J connectivity index is 1.85. The van der Waals surface area contributed by atoms with Crippen LogP contribution in [-0.4, -0.2) is 47.6 Å². The summed E-state index contributed by atoms with van der Waals surface area (Å²) in [6.45, 7) is 0.700. The number of rotatable bonds is 10. The molecule has 170 valence electrons. The van der Waals surface area contributed by atoms with Crippen molar-refractivity contribution in [2.24, 2.45) is 0 Å². The van der Waals surface area contributed by atoms with Crippen LogP contribution in [-0.2, 0) is 11.3 Å². The molecular formula is C27H28FN3O2. The van der Waals surface area contributed by atoms with Gasteiger partial charge in [-0.2, -0.15) is 5.26 Å². The lowest BCUT2D eigenvalue weighted by molar-refractivity contribution is -0.132. The van der Waals surface area contributed by atoms with Crippen LogP contribution in [0.25, 0.3) is 0 Å². The SMILES string of the molecule is CN(Cc1cc(C#N)ccc1F)C(=O)CN(CCCO)C(c1ccccc1)c1ccccc1. The monoisotopic (exact) mass is 445 g/mol. The lowest BCUT2D eigenvalue weighted by Gasteiger charge is -2.33. The van der Waals surface area contributed by atoms with Crippen LogP contribution in [0.3, 0.4) is 0 Å². The third-order valence-corrected chi connectivity index (χ3v) is 5.55. The predicted molar refractivity (Wildman–Crippen MR) is 126 cm³/mol. The highest BCUT2D eigenvalue weighted by Gasteiger charge is 2.25. The Bertz CT molecular complexity index is 1040. The van der Waals surface area contributed by atoms with Gasteiger partial charge in [-0.1, -0.05) is 60.7 Å². The van der Waals surface area contributed by atoms with E-state index >= 15 is 0 Å². The number of hydrogen-bond donors (Lipinski definition) is 1. The maximum Gasteiger partial charge on any atom is 0.236 e. The minimum atomic E-state index is -0.447. The molecular weight excluding hydrogens is 417 g/mol. The van der Waals surface area contributed by atoms with Crippen molar-refractivity contribution in [2.45, 2.75) is 19.0 Å². The van der Waals surface area contributed by atoms with Crippen LogP contribution in [0.5, 0.6) is 0 Å². The van der Waals surface area contributed by atoms with Gasteiger partial charge in [0.15, 0.2) is 0 Å². The van der Waals surface area contributed by atoms with Crippen LogP contribution in [0.1, 0.15) is 34.7 Å². The molecule has 0 radical (unpaired) electrons. The fraction of sp³-hybridized carbons (Fsp3) is 0.259. The molecule has 0 saturated heterocycles. The first-order chi connectivity index (χ1) is 16.0. The smallest absolute Gasteiger partial charge is 0.236 e. The number of carbonyl (C=O) groups is 1. The zero-order valence-electron chi connectivity index (χ0n) is 18.7. The van der Waals surface area contributed by atoms with Crippen molar-refractivity contribution >= 4 is 5.91 Å². The van der Waals surface area contributed by atoms with Crippen molar-refractivity contribution < 1.29 is 14.3 Å². The van der Waals surface area contributed by atoms with E-state index < -0.39 is 5.82 Å². The van der Waals surface area contributed by atoms with Gasteiger partial charge in [-0.25, -0.2) is 4.39 Å². The molecule has 3 aromatic rings. The number of halogens is 1. The molecule has 33 heavy (non-hydrogen) atoms. The van der Waals surface area contributed by atoms with Gasteiger partial charge < -0.3 is 10.0 Å². The van der Waals surface area contributed by atoms with Crippen LogP contribution in [0.2, 0.25) is 0 Å². The Labute approximate surface area is 194 Å². The highest BCUT2D eigenvalue weighted by Crippen LogP contribution is 2.29. The van der Waals surface area contributed by atoms with Gasteiger partial charge >= 0.3 is 0 Å². The molecule has 3 rings (SSSR count). The minimum absolute atomic E-state index is 0.0169. The molecule has 0 aliphatic rings. The molecule has 3 aromatic carbocycles. The first-order valence-electron chi connectivity index (χ1n) is 10.9. The largest absolute Gasteiger partial charge is 0.396 e. The molecule has 0 fully saturated rings. The molecule has 0 heterocycles. The molecule has 5 nitrogen and oxygen atoms in total. The number of benzene rings is 3. The van der Waals surface area contributed by atoms with E-state index in [1.807, 2.05) is 71.6 Å². The van der Waals surface area contributed by atoms with Gasteiger partial charge in [0.25, 0.3) is 0 Å². The van der Waals surface area contributed by atoms with Crippen molar-refractivity contribution in [3.8, 4) is 6.07 Å². The Morgan fingerprint density at radius 3 is 2.18 bits per heavy atom. The third kappa shape index (κ3) is 6.48. The molecule has 0 aliphatic heterocycles. The number of likely N-dealkylation sites (N-methyl/N-ethyl adjacent to an activating group) is 1. The lowest BCUT2D eigenvalue weighted by Crippen LogP contribution is -2.41. The summed E-state index contributed by atoms with van der Waals surface area (Å²) >= 11 is 0. The van der Waals surface area contributed by atoms with Gasteiger partial charge in [0.1, 0.15) is 5.82 Å². The molecule has 1 N–H and O–H groups in total. The van der Waals surface area contributed by atoms with Gasteiger partial charge in [-0.05, 0) is 35.7 Å². The molecule has 0 saturated carbocycles. The van der Waals surface area contributed by atoms with Crippen LogP contribution < -0.4 is 0 Å². The van der Waals surface area contributed by atoms with Gasteiger partial charge in [-0.15, -0.1) is 0 Å². The van der Waals surface area contributed by atoms with E-state index in [0.29, 0.717) is 24.1 Å². The van der Waals surface area contributed by atoms with Crippen molar-refractivity contribution in [2.75, 3.05) is 26.7 Å². The fourth-order valence-electron chi connectivity index (χ4n) is 3.86. The molecule has 0 bridgehead atoms. The minimum Gasteiger partial charge on any atom is -0.396 e. The zero-order valence-corrected chi connectivity index (χ0v) is 18.7. The van der Waals surface area contributed by atoms with E-state index in [1.165, 1.54) is 23.1 Å². The summed E-state index contributed by atoms with van der Waals surface area (Å²) in [6, 6.07) is 25.9. The highest BCUT2D eigenvalue weighted by molar-refractivity contribution is 5.78. The average Bonchev–Trinajstić information content (AvgIpc) is 2.85. The summed E-state index contributed by atoms with van der Waals surface area (Å²) in [5.41, 5.74) is 2.74. The summed E-state index contributed by atoms with van der Waals surface area (Å²) in [4.78, 5) is 16.7. The number of aliphatic hydroxyl groups excluding tert-OH is 1. The quantitative estimate of drug-likeness (QED) is 0.510. The normalized spacial score (nSPS) is 10.9. The first kappa shape index (κ1) is 24.1. The number of nitrogens with zero attached hydrogens (tertiary/aromatic N) is 3. The van der Waals surface area contributed by atoms with Crippen molar-refractivity contribution in [3.05, 3.63) is 107 Å². The van der Waals surface area contributed by atoms with Crippen LogP contribution in [0.4, 0.5) is 4.39 Å². The van der Waals surface area contributed by atoms with E-state index in [2.05, 4.69) is 0 Å². The van der Waals surface area contributed by atoms with Crippen molar-refractivity contribution in [3.63, 3.8) is 0 Å². The van der Waals surface area contributed by atoms with Gasteiger partial charge in [0.05, 0.1) is 24.2 Å². The van der Waals surface area contributed by atoms with Gasteiger partial charge in [0, 0.05) is 32.3 Å². The number of amides is 1. The molecule has 0 spiro atoms. The van der Waals surface area contributed by atoms with Crippen molar-refractivity contribution in [1.82, 2.24) is 9.80 Å². The first-order valence-corrected chi connectivity index (χ1v) is 10.9. The Hall–Kier alpha value is -3.53. The second-order valence-electron chi connectivity index (χ2n) is 7.94. The van der Waals surface area contributed by atoms with E-state index in [0.717, 1.165) is 11.1 Å². The van der Waals surface area contributed by atoms with Crippen LogP contribution in [0, 0.1) is 17.1 Å². The number of carbonyl (C=O) groups excluding carboxylic acids is 1. The maximum absolute atomic E-state index is 14.2. The molecule has 0 aliphatic carbocycles. The van der Waals surface area contributed by atoms with E-state index in [1.54, 1.807) is 7.05 Å². The predicted octanol–water partition coefficient (Wildman–Crippen LogP) is 4.13. The molecule has 0 atom stereocenters. The number of nitriles is 1. The lowest BCUT2D eigenvalue weighted by atomic mass is 9.96. The number of hydrogen-bond acceptors (Lipinski definition) is 4. The molecule has 0 aromatic heterocycles. The van der Waals surface area contributed by atoms with Gasteiger partial charge in [-0.3, -0.25) is 9.69 Å². The maximum atomic E-state index is 14.2. The standard InChI is InChI=1S/C27H28FN3O2/c1-30(19-24-17-21(18-29)13-14-25(24)28)26(33)20-31(15-8-16-32)27(22-9-4-2-5-10-22)23-11-6-3-7-12-23/h2-7,9-14,17,27,32H,8,15-16,19-20H2,1H3. The second kappa shape index (κ2) is 11.9. The fourth-order valence-corrected chi connectivity index (χ4v) is 3.86. The second-order valence-corrected chi connectivity index (χ2v) is 7.94. The molecule has 1 amide bonds. The van der Waals surface area contributed by atoms with Crippen LogP contribution in [0.15, 0.2) is 78.9 Å². The topological polar surface area (TPSA) is 67.6 Å². The summed E-state index contributed by atoms with van der Waals surface area (Å²) in [5, 5.41) is 18.6. The summed E-state index contributed by atoms with van der Waals surface area (Å²) in [5.74, 6) is -0.621. The van der Waals surface area contributed by atoms with Crippen molar-refractivity contribution in [1.29, 1.82) is 5.26 Å². The Morgan fingerprint density at radius 2 is 1.64 bits per heavy atom. The molecule has 0 unspecified atom stereocenters. The summed E-state index contributed by atoms with van der Waals surface area (Å²) in [6.07, 6.45) is 0.520. The summed E-state index contributed by atoms with van der Waals surface area (Å²) in [7, 11) is 1.63. The average molecular weight is 446 g/mol. The summed E-state index contributed by atoms with van der Waals surface area (Å²) < 4.78 is 14.2. The zero-order chi connectivity index (χ0) is 23.6. The van der Waals surface area contributed by atoms with E-state index in [4.69, 9.17) is 5.26 Å². The highest BCUT2D eigenvalue weighted by atomic mass is 19.1. The molecule has 6 heteroatoms. The van der Waals surface area contributed by atoms with Gasteiger partial charge in [0.2, 0.25) is 5.91 Å². The van der Waals surface area contributed by atoms with E-state index in [-0.39, 0.29) is 31.6 Å². The Morgan fingerprint density at radius 1 is 1.03 bits per heavy atom. The third-order valence-electron chi connectivity index (χ3n) is 5.55. The number of aliphatic hydroxyl groups is 1. The van der Waals surface area contributed by atoms with E-state index in [9.17, 15) is 14.3 Å². The Kier molecular flexibility index (Phi) is 8.71. The van der Waals surface area contributed by atoms with Crippen LogP contribution >= 0.6 is 0 Å².